The van der Waals surface area contributed by atoms with Gasteiger partial charge in [0.15, 0.2) is 6.61 Å². The smallest absolute Gasteiger partial charge is 0.259 e. The van der Waals surface area contributed by atoms with Gasteiger partial charge < -0.3 is 15.0 Å². The molecule has 0 fully saturated rings. The summed E-state index contributed by atoms with van der Waals surface area (Å²) in [6.45, 7) is 3.81. The molecule has 0 spiro atoms. The van der Waals surface area contributed by atoms with Gasteiger partial charge in [0.25, 0.3) is 11.8 Å². The average Bonchev–Trinajstić information content (AvgIpc) is 2.64. The van der Waals surface area contributed by atoms with Gasteiger partial charge in [-0.2, -0.15) is 0 Å². The van der Waals surface area contributed by atoms with Gasteiger partial charge in [0.1, 0.15) is 5.75 Å². The van der Waals surface area contributed by atoms with Crippen LogP contribution in [-0.2, 0) is 4.79 Å². The van der Waals surface area contributed by atoms with Crippen LogP contribution in [0.5, 0.6) is 5.75 Å². The van der Waals surface area contributed by atoms with Gasteiger partial charge in [-0.15, -0.1) is 0 Å². The maximum Gasteiger partial charge on any atom is 0.259 e. The maximum atomic E-state index is 12.5. The van der Waals surface area contributed by atoms with Crippen molar-refractivity contribution >= 4 is 11.8 Å². The highest BCUT2D eigenvalue weighted by molar-refractivity contribution is 5.94. The Balaban J connectivity index is 2.15. The van der Waals surface area contributed by atoms with Crippen LogP contribution < -0.4 is 10.1 Å². The molecule has 6 heteroatoms. The number of pyridine rings is 1. The van der Waals surface area contributed by atoms with E-state index in [9.17, 15) is 9.59 Å². The van der Waals surface area contributed by atoms with Gasteiger partial charge in [0.2, 0.25) is 0 Å². The molecular formula is C20H25N3O3. The van der Waals surface area contributed by atoms with Gasteiger partial charge in [-0.25, -0.2) is 0 Å². The fraction of sp³-hybridized carbons (Fsp3) is 0.350. The van der Waals surface area contributed by atoms with E-state index in [4.69, 9.17) is 4.74 Å². The topological polar surface area (TPSA) is 71.5 Å². The number of nitrogens with zero attached hydrogens (tertiary/aromatic N) is 2. The van der Waals surface area contributed by atoms with Crippen LogP contribution in [0.3, 0.4) is 0 Å². The second-order valence-corrected chi connectivity index (χ2v) is 6.24. The largest absolute Gasteiger partial charge is 0.483 e. The maximum absolute atomic E-state index is 12.5. The highest BCUT2D eigenvalue weighted by atomic mass is 16.5. The zero-order valence-corrected chi connectivity index (χ0v) is 15.7. The first-order chi connectivity index (χ1) is 12.4. The molecule has 0 saturated heterocycles. The number of hydrogen-bond donors (Lipinski definition) is 1. The lowest BCUT2D eigenvalue weighted by molar-refractivity contribution is -0.130. The lowest BCUT2D eigenvalue weighted by Gasteiger charge is -2.21. The summed E-state index contributed by atoms with van der Waals surface area (Å²) in [6.07, 6.45) is 2.25. The molecule has 1 unspecified atom stereocenters. The van der Waals surface area contributed by atoms with Crippen molar-refractivity contribution < 1.29 is 14.3 Å². The molecule has 1 atom stereocenters. The molecule has 2 amide bonds. The van der Waals surface area contributed by atoms with E-state index in [1.165, 1.54) is 4.90 Å². The number of benzene rings is 1. The standard InChI is InChI=1S/C20H25N3O3/c1-5-17(22-20(25)15-11-10-14(2)21-12-15)16-8-6-7-9-18(16)26-13-19(24)23(3)4/h6-12,17H,5,13H2,1-4H3,(H,22,25). The Kier molecular flexibility index (Phi) is 6.72. The summed E-state index contributed by atoms with van der Waals surface area (Å²) in [7, 11) is 3.37. The fourth-order valence-corrected chi connectivity index (χ4v) is 2.41. The van der Waals surface area contributed by atoms with Gasteiger partial charge in [-0.3, -0.25) is 14.6 Å². The number of likely N-dealkylation sites (N-methyl/N-ethyl adjacent to an activating group) is 1. The summed E-state index contributed by atoms with van der Waals surface area (Å²) in [4.78, 5) is 29.9. The van der Waals surface area contributed by atoms with Gasteiger partial charge in [-0.1, -0.05) is 25.1 Å². The average molecular weight is 355 g/mol. The quantitative estimate of drug-likeness (QED) is 0.829. The van der Waals surface area contributed by atoms with E-state index in [1.807, 2.05) is 32.0 Å². The predicted octanol–water partition coefficient (Wildman–Crippen LogP) is 2.74. The molecule has 0 aliphatic heterocycles. The van der Waals surface area contributed by atoms with Crippen molar-refractivity contribution in [3.8, 4) is 5.75 Å². The molecule has 6 nitrogen and oxygen atoms in total. The molecular weight excluding hydrogens is 330 g/mol. The summed E-state index contributed by atoms with van der Waals surface area (Å²) in [5.74, 6) is 0.281. The first-order valence-electron chi connectivity index (χ1n) is 8.57. The lowest BCUT2D eigenvalue weighted by Crippen LogP contribution is -2.30. The minimum absolute atomic E-state index is 0.0454. The molecule has 26 heavy (non-hydrogen) atoms. The van der Waals surface area contributed by atoms with Crippen LogP contribution in [0.2, 0.25) is 0 Å². The van der Waals surface area contributed by atoms with Crippen molar-refractivity contribution in [2.75, 3.05) is 20.7 Å². The van der Waals surface area contributed by atoms with E-state index in [-0.39, 0.29) is 24.5 Å². The second-order valence-electron chi connectivity index (χ2n) is 6.24. The van der Waals surface area contributed by atoms with E-state index in [0.717, 1.165) is 11.3 Å². The molecule has 0 radical (unpaired) electrons. The molecule has 0 saturated carbocycles. The SMILES string of the molecule is CCC(NC(=O)c1ccc(C)nc1)c1ccccc1OCC(=O)N(C)C. The summed E-state index contributed by atoms with van der Waals surface area (Å²) < 4.78 is 5.69. The van der Waals surface area contributed by atoms with Crippen LogP contribution in [0, 0.1) is 6.92 Å². The molecule has 1 heterocycles. The van der Waals surface area contributed by atoms with Gasteiger partial charge in [-0.05, 0) is 31.5 Å². The van der Waals surface area contributed by atoms with E-state index < -0.39 is 0 Å². The molecule has 0 aliphatic rings. The Bertz CT molecular complexity index is 757. The van der Waals surface area contributed by atoms with Crippen LogP contribution >= 0.6 is 0 Å². The minimum atomic E-state index is -0.227. The summed E-state index contributed by atoms with van der Waals surface area (Å²) in [6, 6.07) is 10.8. The Morgan fingerprint density at radius 2 is 1.92 bits per heavy atom. The molecule has 2 rings (SSSR count). The Morgan fingerprint density at radius 1 is 1.19 bits per heavy atom. The van der Waals surface area contributed by atoms with Crippen molar-refractivity contribution in [3.05, 3.63) is 59.4 Å². The number of amides is 2. The predicted molar refractivity (Wildman–Crippen MR) is 100 cm³/mol. The number of hydrogen-bond acceptors (Lipinski definition) is 4. The van der Waals surface area contributed by atoms with Gasteiger partial charge >= 0.3 is 0 Å². The van der Waals surface area contributed by atoms with Crippen molar-refractivity contribution in [2.24, 2.45) is 0 Å². The monoisotopic (exact) mass is 355 g/mol. The van der Waals surface area contributed by atoms with Crippen LogP contribution in [0.1, 0.15) is 41.0 Å². The van der Waals surface area contributed by atoms with Crippen LogP contribution in [-0.4, -0.2) is 42.4 Å². The Hall–Kier alpha value is -2.89. The molecule has 0 aliphatic carbocycles. The number of rotatable bonds is 7. The van der Waals surface area contributed by atoms with E-state index in [2.05, 4.69) is 10.3 Å². The second kappa shape index (κ2) is 8.99. The molecule has 138 valence electrons. The highest BCUT2D eigenvalue weighted by Gasteiger charge is 2.18. The lowest BCUT2D eigenvalue weighted by atomic mass is 10.0. The zero-order chi connectivity index (χ0) is 19.1. The number of carbonyl (C=O) groups is 2. The summed E-state index contributed by atoms with van der Waals surface area (Å²) in [5, 5.41) is 3.02. The summed E-state index contributed by atoms with van der Waals surface area (Å²) >= 11 is 0. The zero-order valence-electron chi connectivity index (χ0n) is 15.7. The minimum Gasteiger partial charge on any atom is -0.483 e. The van der Waals surface area contributed by atoms with Crippen LogP contribution in [0.25, 0.3) is 0 Å². The van der Waals surface area contributed by atoms with E-state index >= 15 is 0 Å². The number of nitrogens with one attached hydrogen (secondary N) is 1. The molecule has 0 bridgehead atoms. The third-order valence-electron chi connectivity index (χ3n) is 4.03. The number of carbonyl (C=O) groups excluding carboxylic acids is 2. The van der Waals surface area contributed by atoms with E-state index in [1.54, 1.807) is 38.5 Å². The van der Waals surface area contributed by atoms with Gasteiger partial charge in [0, 0.05) is 31.5 Å². The third kappa shape index (κ3) is 5.05. The fourth-order valence-electron chi connectivity index (χ4n) is 2.41. The van der Waals surface area contributed by atoms with Crippen molar-refractivity contribution in [3.63, 3.8) is 0 Å². The Morgan fingerprint density at radius 3 is 2.54 bits per heavy atom. The van der Waals surface area contributed by atoms with Crippen molar-refractivity contribution in [1.82, 2.24) is 15.2 Å². The van der Waals surface area contributed by atoms with Crippen LogP contribution in [0.15, 0.2) is 42.6 Å². The summed E-state index contributed by atoms with van der Waals surface area (Å²) in [5.41, 5.74) is 2.21. The Labute approximate surface area is 154 Å². The van der Waals surface area contributed by atoms with Crippen LogP contribution in [0.4, 0.5) is 0 Å². The van der Waals surface area contributed by atoms with Crippen molar-refractivity contribution in [1.29, 1.82) is 0 Å². The highest BCUT2D eigenvalue weighted by Crippen LogP contribution is 2.27. The molecule has 1 N–H and O–H groups in total. The first-order valence-corrected chi connectivity index (χ1v) is 8.57. The molecule has 2 aromatic rings. The third-order valence-corrected chi connectivity index (χ3v) is 4.03. The van der Waals surface area contributed by atoms with Crippen molar-refractivity contribution in [2.45, 2.75) is 26.3 Å². The number of aryl methyl sites for hydroxylation is 1. The number of para-hydroxylation sites is 1. The molecule has 1 aromatic carbocycles. The number of aromatic nitrogens is 1. The molecule has 1 aromatic heterocycles. The van der Waals surface area contributed by atoms with Gasteiger partial charge in [0.05, 0.1) is 11.6 Å². The first kappa shape index (κ1) is 19.4. The van der Waals surface area contributed by atoms with E-state index in [0.29, 0.717) is 17.7 Å². The number of ether oxygens (including phenoxy) is 1. The normalized spacial score (nSPS) is 11.5.